The van der Waals surface area contributed by atoms with Crippen LogP contribution in [0.25, 0.3) is 156 Å². The Morgan fingerprint density at radius 3 is 0.804 bits per heavy atom. The van der Waals surface area contributed by atoms with E-state index in [9.17, 15) is 42.1 Å². The normalized spacial score (nSPS) is 10.9. The minimum absolute atomic E-state index is 0.332. The summed E-state index contributed by atoms with van der Waals surface area (Å²) in [5.41, 5.74) is 18.6. The Labute approximate surface area is 584 Å². The predicted octanol–water partition coefficient (Wildman–Crippen LogP) is 19.4. The smallest absolute Gasteiger partial charge is 0.164 e. The lowest BCUT2D eigenvalue weighted by molar-refractivity contribution is 1.07. The molecular weight excluding hydrogens is 1250 g/mol. The van der Waals surface area contributed by atoms with Gasteiger partial charge in [0.05, 0.1) is 127 Å². The fraction of sp³-hybridized carbons (Fsp3) is 0. The molecule has 0 unspecified atom stereocenters. The Balaban J connectivity index is 1.02. The zero-order valence-corrected chi connectivity index (χ0v) is 53.7. The van der Waals surface area contributed by atoms with Crippen molar-refractivity contribution in [3.05, 3.63) is 312 Å². The van der Waals surface area contributed by atoms with Gasteiger partial charge in [0, 0.05) is 67.3 Å². The summed E-state index contributed by atoms with van der Waals surface area (Å²) in [7, 11) is 0. The molecule has 4 aromatic heterocycles. The molecule has 466 valence electrons. The van der Waals surface area contributed by atoms with E-state index in [1.807, 2.05) is 121 Å². The van der Waals surface area contributed by atoms with Crippen LogP contribution >= 0.6 is 0 Å². The van der Waals surface area contributed by atoms with Crippen LogP contribution in [-0.2, 0) is 0 Å². The van der Waals surface area contributed by atoms with Crippen LogP contribution in [0.15, 0.2) is 267 Å². The number of benzene rings is 12. The van der Waals surface area contributed by atoms with E-state index in [1.165, 1.54) is 0 Å². The van der Waals surface area contributed by atoms with E-state index in [0.717, 1.165) is 105 Å². The molecule has 0 aliphatic rings. The Bertz CT molecular complexity index is 6150. The quantitative estimate of drug-likeness (QED) is 0.117. The van der Waals surface area contributed by atoms with Crippen molar-refractivity contribution in [2.45, 2.75) is 0 Å². The first-order valence-electron chi connectivity index (χ1n) is 32.2. The van der Waals surface area contributed by atoms with Crippen molar-refractivity contribution in [3.63, 3.8) is 0 Å². The van der Waals surface area contributed by atoms with Crippen LogP contribution in [0.2, 0.25) is 0 Å². The number of pyridine rings is 1. The summed E-state index contributed by atoms with van der Waals surface area (Å²) in [6.07, 6.45) is 3.57. The van der Waals surface area contributed by atoms with E-state index in [-0.39, 0.29) is 0 Å². The monoisotopic (exact) mass is 1300 g/mol. The van der Waals surface area contributed by atoms with Gasteiger partial charge < -0.3 is 9.13 Å². The molecule has 14 nitrogen and oxygen atoms in total. The topological polar surface area (TPSA) is 252 Å². The zero-order chi connectivity index (χ0) is 69.5. The van der Waals surface area contributed by atoms with Gasteiger partial charge in [-0.3, -0.25) is 4.98 Å². The third-order valence-corrected chi connectivity index (χ3v) is 18.3. The van der Waals surface area contributed by atoms with Crippen LogP contribution in [0.3, 0.4) is 0 Å². The van der Waals surface area contributed by atoms with E-state index < -0.39 is 0 Å². The lowest BCUT2D eigenvalue weighted by atomic mass is 9.95. The van der Waals surface area contributed by atoms with Crippen LogP contribution in [0.4, 0.5) is 0 Å². The summed E-state index contributed by atoms with van der Waals surface area (Å²) < 4.78 is 4.47. The number of nitrogens with zero attached hydrogens (tertiary/aromatic N) is 14. The van der Waals surface area contributed by atoms with Gasteiger partial charge in [-0.1, -0.05) is 115 Å². The molecular formula is C88H44N14. The molecule has 102 heavy (non-hydrogen) atoms. The maximum Gasteiger partial charge on any atom is 0.164 e. The average molecular weight is 1300 g/mol. The molecule has 0 aliphatic heterocycles. The third kappa shape index (κ3) is 11.0. The standard InChI is InChI=1S/C88H44N14/c89-44-53-26-54(45-90)31-70(30-53)63-15-21-80-76(38-63)77-39-64(71-32-55(46-91)27-56(33-71)47-92)16-22-81(77)101(80)84-42-67(69-12-7-25-97-52-69)13-19-74(84)75-20-14-68(88-99-86(61-8-3-1-4-9-61)98-87(100-88)62-10-5-2-6-11-62)43-85(75)102-82-23-17-65(72-34-57(48-93)28-58(35-72)49-94)40-78(82)79-41-66(18-24-83(79)102)73-36-59(50-95)29-60(37-73)51-96/h1-43,52H. The minimum Gasteiger partial charge on any atom is -0.309 e. The predicted molar refractivity (Wildman–Crippen MR) is 393 cm³/mol. The van der Waals surface area contributed by atoms with Gasteiger partial charge >= 0.3 is 0 Å². The van der Waals surface area contributed by atoms with Crippen LogP contribution in [-0.4, -0.2) is 29.1 Å². The maximum absolute atomic E-state index is 10.2. The zero-order valence-electron chi connectivity index (χ0n) is 53.7. The molecule has 0 saturated heterocycles. The van der Waals surface area contributed by atoms with E-state index in [0.29, 0.717) is 95.5 Å². The molecule has 16 rings (SSSR count). The lowest BCUT2D eigenvalue weighted by Crippen LogP contribution is -2.04. The summed E-state index contributed by atoms with van der Waals surface area (Å²) in [6, 6.07) is 98.9. The largest absolute Gasteiger partial charge is 0.309 e. The fourth-order valence-corrected chi connectivity index (χ4v) is 13.7. The Morgan fingerprint density at radius 2 is 0.500 bits per heavy atom. The summed E-state index contributed by atoms with van der Waals surface area (Å²) >= 11 is 0. The highest BCUT2D eigenvalue weighted by atomic mass is 15.0. The van der Waals surface area contributed by atoms with E-state index in [1.54, 1.807) is 79.0 Å². The molecule has 16 aromatic rings. The molecule has 0 atom stereocenters. The van der Waals surface area contributed by atoms with E-state index in [2.05, 4.69) is 129 Å². The van der Waals surface area contributed by atoms with Crippen LogP contribution < -0.4 is 0 Å². The molecule has 0 fully saturated rings. The van der Waals surface area contributed by atoms with Gasteiger partial charge in [0.1, 0.15) is 0 Å². The summed E-state index contributed by atoms with van der Waals surface area (Å²) in [6.45, 7) is 0. The van der Waals surface area contributed by atoms with Crippen molar-refractivity contribution in [1.82, 2.24) is 29.1 Å². The molecule has 4 heterocycles. The first-order chi connectivity index (χ1) is 50.1. The van der Waals surface area contributed by atoms with Crippen molar-refractivity contribution in [2.75, 3.05) is 0 Å². The van der Waals surface area contributed by atoms with Gasteiger partial charge in [-0.25, -0.2) is 15.0 Å². The van der Waals surface area contributed by atoms with Gasteiger partial charge in [0.15, 0.2) is 17.5 Å². The van der Waals surface area contributed by atoms with Crippen molar-refractivity contribution < 1.29 is 0 Å². The van der Waals surface area contributed by atoms with Crippen LogP contribution in [0, 0.1) is 90.6 Å². The Kier molecular flexibility index (Phi) is 15.3. The number of fused-ring (bicyclic) bond motifs is 6. The lowest BCUT2D eigenvalue weighted by Gasteiger charge is -2.21. The second-order valence-corrected chi connectivity index (χ2v) is 24.4. The molecule has 0 bridgehead atoms. The van der Waals surface area contributed by atoms with Crippen LogP contribution in [0.5, 0.6) is 0 Å². The van der Waals surface area contributed by atoms with Crippen molar-refractivity contribution in [3.8, 4) is 161 Å². The van der Waals surface area contributed by atoms with Gasteiger partial charge in [0.25, 0.3) is 0 Å². The Morgan fingerprint density at radius 1 is 0.225 bits per heavy atom. The number of hydrogen-bond acceptors (Lipinski definition) is 12. The van der Waals surface area contributed by atoms with E-state index in [4.69, 9.17) is 15.0 Å². The average Bonchev–Trinajstić information content (AvgIpc) is 1.56. The molecule has 0 spiro atoms. The molecule has 0 amide bonds. The first kappa shape index (κ1) is 61.2. The first-order valence-corrected chi connectivity index (χ1v) is 32.2. The maximum atomic E-state index is 10.2. The molecule has 0 radical (unpaired) electrons. The van der Waals surface area contributed by atoms with Gasteiger partial charge in [-0.05, 0) is 190 Å². The van der Waals surface area contributed by atoms with Gasteiger partial charge in [-0.2, -0.15) is 42.1 Å². The highest BCUT2D eigenvalue weighted by Gasteiger charge is 2.26. The van der Waals surface area contributed by atoms with Crippen molar-refractivity contribution in [1.29, 1.82) is 42.1 Å². The SMILES string of the molecule is N#Cc1cc(C#N)cc(-c2ccc3c(c2)c2cc(-c4cc(C#N)cc(C#N)c4)ccc2n3-c2cc(-c3cccnc3)ccc2-c2ccc(-c3nc(-c4ccccc4)nc(-c4ccccc4)n3)cc2-n2c3ccc(-c4cc(C#N)cc(C#N)c4)cc3c3cc(-c4cc(C#N)cc(C#N)c4)ccc32)c1. The van der Waals surface area contributed by atoms with E-state index >= 15 is 0 Å². The second-order valence-electron chi connectivity index (χ2n) is 24.4. The second kappa shape index (κ2) is 25.5. The highest BCUT2D eigenvalue weighted by molar-refractivity contribution is 6.14. The van der Waals surface area contributed by atoms with Crippen molar-refractivity contribution >= 4 is 43.6 Å². The van der Waals surface area contributed by atoms with Gasteiger partial charge in [0.2, 0.25) is 0 Å². The molecule has 0 aliphatic carbocycles. The number of nitriles is 8. The van der Waals surface area contributed by atoms with Crippen molar-refractivity contribution in [2.24, 2.45) is 0 Å². The molecule has 0 N–H and O–H groups in total. The third-order valence-electron chi connectivity index (χ3n) is 18.3. The minimum atomic E-state index is 0.332. The summed E-state index contributed by atoms with van der Waals surface area (Å²) in [5.74, 6) is 1.35. The summed E-state index contributed by atoms with van der Waals surface area (Å²) in [4.78, 5) is 20.2. The molecule has 14 heteroatoms. The number of aromatic nitrogens is 6. The molecule has 0 saturated carbocycles. The van der Waals surface area contributed by atoms with Gasteiger partial charge in [-0.15, -0.1) is 0 Å². The van der Waals surface area contributed by atoms with Crippen LogP contribution in [0.1, 0.15) is 44.5 Å². The summed E-state index contributed by atoms with van der Waals surface area (Å²) in [5, 5.41) is 85.0. The Hall–Kier alpha value is -15.7. The number of hydrogen-bond donors (Lipinski definition) is 0. The fourth-order valence-electron chi connectivity index (χ4n) is 13.7. The highest BCUT2D eigenvalue weighted by Crippen LogP contribution is 2.46. The molecule has 12 aromatic carbocycles. The number of rotatable bonds is 11.